The van der Waals surface area contributed by atoms with Crippen LogP contribution in [-0.2, 0) is 9.47 Å². The van der Waals surface area contributed by atoms with E-state index >= 15 is 0 Å². The molecule has 0 radical (unpaired) electrons. The molecular weight excluding hydrogens is 204 g/mol. The third kappa shape index (κ3) is 3.93. The minimum atomic E-state index is -0.593. The first-order valence-corrected chi connectivity index (χ1v) is 5.66. The molecule has 88 valence electrons. The number of hydrogen-bond acceptors (Lipinski definition) is 3. The van der Waals surface area contributed by atoms with Gasteiger partial charge in [-0.05, 0) is 18.9 Å². The molecule has 3 heteroatoms. The Balaban J connectivity index is 2.64. The van der Waals surface area contributed by atoms with Crippen LogP contribution in [0.25, 0.3) is 0 Å². The molecule has 0 N–H and O–H groups in total. The molecule has 1 aromatic carbocycles. The highest BCUT2D eigenvalue weighted by molar-refractivity contribution is 5.60. The van der Waals surface area contributed by atoms with Gasteiger partial charge in [-0.15, -0.1) is 0 Å². The summed E-state index contributed by atoms with van der Waals surface area (Å²) in [6.45, 7) is 4.16. The first kappa shape index (κ1) is 12.6. The van der Waals surface area contributed by atoms with E-state index in [2.05, 4.69) is 6.92 Å². The Morgan fingerprint density at radius 2 is 1.94 bits per heavy atom. The van der Waals surface area contributed by atoms with Crippen LogP contribution in [0.1, 0.15) is 38.4 Å². The molecule has 3 nitrogen and oxygen atoms in total. The average molecular weight is 222 g/mol. The van der Waals surface area contributed by atoms with Crippen LogP contribution in [0, 0.1) is 0 Å². The van der Waals surface area contributed by atoms with Crippen molar-refractivity contribution in [1.29, 1.82) is 0 Å². The van der Waals surface area contributed by atoms with Crippen molar-refractivity contribution in [3.8, 4) is 0 Å². The standard InChI is InChI=1S/C13H18O3/c1-3-8-12(16-13(14)15-4-2)11-9-6-5-7-10-11/h5-7,9-10,12H,3-4,8H2,1-2H3. The number of hydrogen-bond donors (Lipinski definition) is 0. The van der Waals surface area contributed by atoms with Crippen LogP contribution >= 0.6 is 0 Å². The van der Waals surface area contributed by atoms with E-state index in [1.54, 1.807) is 6.92 Å². The zero-order valence-corrected chi connectivity index (χ0v) is 9.81. The van der Waals surface area contributed by atoms with Gasteiger partial charge in [0.15, 0.2) is 0 Å². The van der Waals surface area contributed by atoms with Crippen molar-refractivity contribution in [2.24, 2.45) is 0 Å². The second kappa shape index (κ2) is 6.88. The SMILES string of the molecule is CCCC(OC(=O)OCC)c1ccccc1. The van der Waals surface area contributed by atoms with Gasteiger partial charge in [0.05, 0.1) is 6.61 Å². The van der Waals surface area contributed by atoms with Crippen LogP contribution in [0.5, 0.6) is 0 Å². The summed E-state index contributed by atoms with van der Waals surface area (Å²) in [7, 11) is 0. The van der Waals surface area contributed by atoms with E-state index in [-0.39, 0.29) is 6.10 Å². The topological polar surface area (TPSA) is 35.5 Å². The van der Waals surface area contributed by atoms with Crippen molar-refractivity contribution in [2.45, 2.75) is 32.8 Å². The Morgan fingerprint density at radius 1 is 1.25 bits per heavy atom. The van der Waals surface area contributed by atoms with E-state index in [9.17, 15) is 4.79 Å². The fourth-order valence-corrected chi connectivity index (χ4v) is 1.49. The normalized spacial score (nSPS) is 11.9. The molecule has 0 bridgehead atoms. The summed E-state index contributed by atoms with van der Waals surface area (Å²) < 4.78 is 10.0. The summed E-state index contributed by atoms with van der Waals surface area (Å²) in [5.74, 6) is 0. The maximum atomic E-state index is 11.3. The Labute approximate surface area is 96.4 Å². The summed E-state index contributed by atoms with van der Waals surface area (Å²) in [4.78, 5) is 11.3. The van der Waals surface area contributed by atoms with Gasteiger partial charge in [0.25, 0.3) is 0 Å². The molecule has 0 aliphatic carbocycles. The maximum absolute atomic E-state index is 11.3. The molecular formula is C13H18O3. The van der Waals surface area contributed by atoms with E-state index in [4.69, 9.17) is 9.47 Å². The molecule has 1 rings (SSSR count). The van der Waals surface area contributed by atoms with E-state index in [0.29, 0.717) is 6.61 Å². The molecule has 0 saturated heterocycles. The smallest absolute Gasteiger partial charge is 0.435 e. The summed E-state index contributed by atoms with van der Waals surface area (Å²) in [5, 5.41) is 0. The second-order valence-electron chi connectivity index (χ2n) is 3.49. The maximum Gasteiger partial charge on any atom is 0.508 e. The first-order valence-electron chi connectivity index (χ1n) is 5.66. The van der Waals surface area contributed by atoms with Crippen LogP contribution in [0.2, 0.25) is 0 Å². The largest absolute Gasteiger partial charge is 0.508 e. The van der Waals surface area contributed by atoms with Crippen molar-refractivity contribution >= 4 is 6.16 Å². The molecule has 0 heterocycles. The minimum Gasteiger partial charge on any atom is -0.435 e. The summed E-state index contributed by atoms with van der Waals surface area (Å²) >= 11 is 0. The Bertz CT molecular complexity index is 308. The third-order valence-electron chi connectivity index (χ3n) is 2.22. The number of carbonyl (C=O) groups is 1. The Morgan fingerprint density at radius 3 is 2.50 bits per heavy atom. The molecule has 1 atom stereocenters. The van der Waals surface area contributed by atoms with Crippen LogP contribution < -0.4 is 0 Å². The summed E-state index contributed by atoms with van der Waals surface area (Å²) in [5.41, 5.74) is 1.01. The first-order chi connectivity index (χ1) is 7.77. The van der Waals surface area contributed by atoms with Crippen LogP contribution in [0.4, 0.5) is 4.79 Å². The molecule has 0 spiro atoms. The van der Waals surface area contributed by atoms with E-state index < -0.39 is 6.16 Å². The lowest BCUT2D eigenvalue weighted by Crippen LogP contribution is -2.12. The van der Waals surface area contributed by atoms with Gasteiger partial charge in [0.1, 0.15) is 6.10 Å². The number of carbonyl (C=O) groups excluding carboxylic acids is 1. The van der Waals surface area contributed by atoms with Gasteiger partial charge in [-0.25, -0.2) is 4.79 Å². The molecule has 0 aromatic heterocycles. The summed E-state index contributed by atoms with van der Waals surface area (Å²) in [6, 6.07) is 9.73. The Kier molecular flexibility index (Phi) is 5.40. The van der Waals surface area contributed by atoms with Crippen LogP contribution in [-0.4, -0.2) is 12.8 Å². The predicted molar refractivity (Wildman–Crippen MR) is 62.2 cm³/mol. The fourth-order valence-electron chi connectivity index (χ4n) is 1.49. The lowest BCUT2D eigenvalue weighted by Gasteiger charge is -2.16. The molecule has 0 amide bonds. The zero-order valence-electron chi connectivity index (χ0n) is 9.81. The fraction of sp³-hybridized carbons (Fsp3) is 0.462. The van der Waals surface area contributed by atoms with Gasteiger partial charge < -0.3 is 9.47 Å². The van der Waals surface area contributed by atoms with E-state index in [0.717, 1.165) is 18.4 Å². The summed E-state index contributed by atoms with van der Waals surface area (Å²) in [6.07, 6.45) is 0.969. The average Bonchev–Trinajstić information content (AvgIpc) is 2.30. The highest BCUT2D eigenvalue weighted by Crippen LogP contribution is 2.22. The van der Waals surface area contributed by atoms with Crippen molar-refractivity contribution in [3.05, 3.63) is 35.9 Å². The van der Waals surface area contributed by atoms with Gasteiger partial charge >= 0.3 is 6.16 Å². The monoisotopic (exact) mass is 222 g/mol. The highest BCUT2D eigenvalue weighted by atomic mass is 16.7. The minimum absolute atomic E-state index is 0.203. The predicted octanol–water partition coefficient (Wildman–Crippen LogP) is 3.70. The highest BCUT2D eigenvalue weighted by Gasteiger charge is 2.15. The number of benzene rings is 1. The molecule has 1 unspecified atom stereocenters. The quantitative estimate of drug-likeness (QED) is 0.712. The van der Waals surface area contributed by atoms with Crippen molar-refractivity contribution in [3.63, 3.8) is 0 Å². The molecule has 0 fully saturated rings. The lowest BCUT2D eigenvalue weighted by molar-refractivity contribution is 0.0225. The van der Waals surface area contributed by atoms with Crippen LogP contribution in [0.15, 0.2) is 30.3 Å². The van der Waals surface area contributed by atoms with Gasteiger partial charge in [0.2, 0.25) is 0 Å². The molecule has 1 aromatic rings. The van der Waals surface area contributed by atoms with Crippen molar-refractivity contribution in [2.75, 3.05) is 6.61 Å². The van der Waals surface area contributed by atoms with Crippen LogP contribution in [0.3, 0.4) is 0 Å². The molecule has 0 aliphatic rings. The number of rotatable bonds is 5. The second-order valence-corrected chi connectivity index (χ2v) is 3.49. The van der Waals surface area contributed by atoms with Gasteiger partial charge in [-0.3, -0.25) is 0 Å². The van der Waals surface area contributed by atoms with E-state index in [1.807, 2.05) is 30.3 Å². The van der Waals surface area contributed by atoms with Gasteiger partial charge in [0, 0.05) is 0 Å². The molecule has 0 aliphatic heterocycles. The van der Waals surface area contributed by atoms with E-state index in [1.165, 1.54) is 0 Å². The Hall–Kier alpha value is -1.51. The lowest BCUT2D eigenvalue weighted by atomic mass is 10.1. The third-order valence-corrected chi connectivity index (χ3v) is 2.22. The zero-order chi connectivity index (χ0) is 11.8. The number of ether oxygens (including phenoxy) is 2. The molecule has 16 heavy (non-hydrogen) atoms. The van der Waals surface area contributed by atoms with Crippen molar-refractivity contribution < 1.29 is 14.3 Å². The molecule has 0 saturated carbocycles. The van der Waals surface area contributed by atoms with Gasteiger partial charge in [-0.1, -0.05) is 43.7 Å². The van der Waals surface area contributed by atoms with Crippen molar-refractivity contribution in [1.82, 2.24) is 0 Å². The van der Waals surface area contributed by atoms with Gasteiger partial charge in [-0.2, -0.15) is 0 Å².